The molecule has 4 heteroatoms. The summed E-state index contributed by atoms with van der Waals surface area (Å²) in [5.74, 6) is 0.0853. The molecule has 0 atom stereocenters. The van der Waals surface area contributed by atoms with Crippen LogP contribution in [0.15, 0.2) is 33.7 Å². The van der Waals surface area contributed by atoms with Gasteiger partial charge in [-0.25, -0.2) is 0 Å². The maximum absolute atomic E-state index is 11.3. The zero-order valence-electron chi connectivity index (χ0n) is 6.54. The molecule has 0 saturated heterocycles. The minimum absolute atomic E-state index is 0.0853. The summed E-state index contributed by atoms with van der Waals surface area (Å²) in [7, 11) is 0. The summed E-state index contributed by atoms with van der Waals surface area (Å²) in [6.45, 7) is 0. The third kappa shape index (κ3) is 1.33. The number of H-pyrrole nitrogens is 1. The fourth-order valence-corrected chi connectivity index (χ4v) is 1.58. The summed E-state index contributed by atoms with van der Waals surface area (Å²) >= 11 is 3.26. The number of benzene rings is 1. The maximum atomic E-state index is 11.3. The number of rotatable bonds is 0. The van der Waals surface area contributed by atoms with E-state index in [0.29, 0.717) is 10.8 Å². The summed E-state index contributed by atoms with van der Waals surface area (Å²) < 4.78 is 0.816. The first-order valence-electron chi connectivity index (χ1n) is 3.68. The summed E-state index contributed by atoms with van der Waals surface area (Å²) in [5.41, 5.74) is -0.200. The quantitative estimate of drug-likeness (QED) is 0.739. The number of aromatic amines is 1. The van der Waals surface area contributed by atoms with Crippen molar-refractivity contribution in [1.82, 2.24) is 4.98 Å². The van der Waals surface area contributed by atoms with E-state index in [1.807, 2.05) is 0 Å². The highest BCUT2D eigenvalue weighted by Crippen LogP contribution is 2.23. The summed E-state index contributed by atoms with van der Waals surface area (Å²) in [6, 6.07) is 5.15. The van der Waals surface area contributed by atoms with Gasteiger partial charge in [-0.05, 0) is 18.2 Å². The molecule has 13 heavy (non-hydrogen) atoms. The summed E-state index contributed by atoms with van der Waals surface area (Å²) in [4.78, 5) is 13.7. The number of fused-ring (bicyclic) bond motifs is 1. The van der Waals surface area contributed by atoms with Crippen molar-refractivity contribution in [3.8, 4) is 5.75 Å². The van der Waals surface area contributed by atoms with Gasteiger partial charge in [0.2, 0.25) is 0 Å². The van der Waals surface area contributed by atoms with Crippen LogP contribution in [-0.4, -0.2) is 10.1 Å². The molecule has 0 unspecified atom stereocenters. The van der Waals surface area contributed by atoms with Gasteiger partial charge in [0.15, 0.2) is 0 Å². The van der Waals surface area contributed by atoms with E-state index in [2.05, 4.69) is 20.9 Å². The number of pyridine rings is 1. The van der Waals surface area contributed by atoms with E-state index in [0.717, 1.165) is 4.47 Å². The lowest BCUT2D eigenvalue weighted by Gasteiger charge is -1.99. The molecule has 2 aromatic rings. The van der Waals surface area contributed by atoms with Gasteiger partial charge >= 0.3 is 0 Å². The molecule has 0 saturated carbocycles. The molecule has 1 aromatic heterocycles. The van der Waals surface area contributed by atoms with Crippen LogP contribution >= 0.6 is 15.9 Å². The lowest BCUT2D eigenvalue weighted by molar-refractivity contribution is 0.479. The Morgan fingerprint density at radius 2 is 2.08 bits per heavy atom. The van der Waals surface area contributed by atoms with E-state index in [1.54, 1.807) is 18.2 Å². The van der Waals surface area contributed by atoms with Crippen molar-refractivity contribution < 1.29 is 5.11 Å². The molecule has 0 aliphatic rings. The van der Waals surface area contributed by atoms with Crippen molar-refractivity contribution in [2.24, 2.45) is 0 Å². The first kappa shape index (κ1) is 8.31. The Kier molecular flexibility index (Phi) is 1.84. The van der Waals surface area contributed by atoms with E-state index in [1.165, 1.54) is 6.20 Å². The Balaban J connectivity index is 3.01. The molecular formula is C9H6BrNO2. The van der Waals surface area contributed by atoms with Gasteiger partial charge < -0.3 is 10.1 Å². The van der Waals surface area contributed by atoms with Crippen LogP contribution in [0.2, 0.25) is 0 Å². The van der Waals surface area contributed by atoms with E-state index < -0.39 is 0 Å². The fraction of sp³-hybridized carbons (Fsp3) is 0. The molecule has 0 amide bonds. The molecule has 0 bridgehead atoms. The van der Waals surface area contributed by atoms with Crippen molar-refractivity contribution in [2.45, 2.75) is 0 Å². The van der Waals surface area contributed by atoms with Crippen molar-refractivity contribution in [2.75, 3.05) is 0 Å². The molecule has 0 fully saturated rings. The second kappa shape index (κ2) is 2.88. The van der Waals surface area contributed by atoms with Crippen molar-refractivity contribution in [3.05, 3.63) is 39.2 Å². The predicted octanol–water partition coefficient (Wildman–Crippen LogP) is 2.00. The summed E-state index contributed by atoms with van der Waals surface area (Å²) in [6.07, 6.45) is 1.29. The highest BCUT2D eigenvalue weighted by molar-refractivity contribution is 9.10. The Labute approximate surface area is 82.2 Å². The number of aromatic nitrogens is 1. The normalized spacial score (nSPS) is 10.5. The van der Waals surface area contributed by atoms with E-state index in [-0.39, 0.29) is 11.3 Å². The Morgan fingerprint density at radius 3 is 2.85 bits per heavy atom. The van der Waals surface area contributed by atoms with Crippen molar-refractivity contribution >= 4 is 26.7 Å². The van der Waals surface area contributed by atoms with Crippen LogP contribution in [0.5, 0.6) is 5.75 Å². The van der Waals surface area contributed by atoms with Gasteiger partial charge in [-0.3, -0.25) is 4.79 Å². The highest BCUT2D eigenvalue weighted by Gasteiger charge is 2.02. The fourth-order valence-electron chi connectivity index (χ4n) is 1.22. The molecule has 0 radical (unpaired) electrons. The van der Waals surface area contributed by atoms with Gasteiger partial charge in [-0.15, -0.1) is 0 Å². The minimum Gasteiger partial charge on any atom is -0.506 e. The van der Waals surface area contributed by atoms with Crippen LogP contribution in [0.3, 0.4) is 0 Å². The predicted molar refractivity (Wildman–Crippen MR) is 53.9 cm³/mol. The topological polar surface area (TPSA) is 53.1 Å². The van der Waals surface area contributed by atoms with Crippen LogP contribution in [0.4, 0.5) is 0 Å². The number of hydrogen-bond donors (Lipinski definition) is 2. The van der Waals surface area contributed by atoms with Gasteiger partial charge in [0.1, 0.15) is 5.75 Å². The van der Waals surface area contributed by atoms with E-state index in [4.69, 9.17) is 0 Å². The molecule has 66 valence electrons. The molecule has 1 aromatic carbocycles. The maximum Gasteiger partial charge on any atom is 0.256 e. The van der Waals surface area contributed by atoms with Crippen LogP contribution in [-0.2, 0) is 0 Å². The minimum atomic E-state index is -0.200. The number of hydrogen-bond acceptors (Lipinski definition) is 2. The molecule has 3 nitrogen and oxygen atoms in total. The standard InChI is InChI=1S/C9H6BrNO2/c10-5-1-2-6-7(3-5)9(13)11-4-8(6)12/h1-4,12H,(H,11,13). The Bertz CT molecular complexity index is 518. The molecule has 1 heterocycles. The molecule has 0 aliphatic heterocycles. The molecular weight excluding hydrogens is 234 g/mol. The van der Waals surface area contributed by atoms with Crippen molar-refractivity contribution in [3.63, 3.8) is 0 Å². The lowest BCUT2D eigenvalue weighted by atomic mass is 10.2. The van der Waals surface area contributed by atoms with Gasteiger partial charge in [0.25, 0.3) is 5.56 Å². The smallest absolute Gasteiger partial charge is 0.256 e. The Morgan fingerprint density at radius 1 is 1.31 bits per heavy atom. The van der Waals surface area contributed by atoms with Crippen LogP contribution in [0.1, 0.15) is 0 Å². The van der Waals surface area contributed by atoms with Crippen molar-refractivity contribution in [1.29, 1.82) is 0 Å². The third-order valence-electron chi connectivity index (χ3n) is 1.84. The number of halogens is 1. The molecule has 2 N–H and O–H groups in total. The first-order chi connectivity index (χ1) is 6.18. The van der Waals surface area contributed by atoms with Gasteiger partial charge in [-0.1, -0.05) is 15.9 Å². The second-order valence-corrected chi connectivity index (χ2v) is 3.61. The third-order valence-corrected chi connectivity index (χ3v) is 2.34. The highest BCUT2D eigenvalue weighted by atomic mass is 79.9. The monoisotopic (exact) mass is 239 g/mol. The number of aromatic hydroxyl groups is 1. The summed E-state index contributed by atoms with van der Waals surface area (Å²) in [5, 5.41) is 10.4. The van der Waals surface area contributed by atoms with E-state index >= 15 is 0 Å². The first-order valence-corrected chi connectivity index (χ1v) is 4.48. The van der Waals surface area contributed by atoms with Crippen LogP contribution in [0.25, 0.3) is 10.8 Å². The van der Waals surface area contributed by atoms with Gasteiger partial charge in [0.05, 0.1) is 5.39 Å². The zero-order chi connectivity index (χ0) is 9.42. The molecule has 0 spiro atoms. The second-order valence-electron chi connectivity index (χ2n) is 2.69. The molecule has 0 aliphatic carbocycles. The van der Waals surface area contributed by atoms with Gasteiger partial charge in [0, 0.05) is 16.1 Å². The SMILES string of the molecule is O=c1[nH]cc(O)c2ccc(Br)cc12. The average Bonchev–Trinajstić information content (AvgIpc) is 2.12. The number of nitrogens with one attached hydrogen (secondary N) is 1. The molecule has 2 rings (SSSR count). The average molecular weight is 240 g/mol. The van der Waals surface area contributed by atoms with Crippen LogP contribution in [0, 0.1) is 0 Å². The largest absolute Gasteiger partial charge is 0.506 e. The van der Waals surface area contributed by atoms with Crippen LogP contribution < -0.4 is 5.56 Å². The van der Waals surface area contributed by atoms with Gasteiger partial charge in [-0.2, -0.15) is 0 Å². The van der Waals surface area contributed by atoms with E-state index in [9.17, 15) is 9.90 Å². The lowest BCUT2D eigenvalue weighted by Crippen LogP contribution is -2.04. The Hall–Kier alpha value is -1.29. The zero-order valence-corrected chi connectivity index (χ0v) is 8.13.